The molecule has 3 nitrogen and oxygen atoms in total. The van der Waals surface area contributed by atoms with Gasteiger partial charge in [-0.15, -0.1) is 0 Å². The number of nitrogens with two attached hydrogens (primary N) is 1. The predicted molar refractivity (Wildman–Crippen MR) is 74.9 cm³/mol. The summed E-state index contributed by atoms with van der Waals surface area (Å²) in [4.78, 5) is 0. The molecule has 1 aromatic carbocycles. The monoisotopic (exact) mass is 251 g/mol. The lowest BCUT2D eigenvalue weighted by Crippen LogP contribution is -2.29. The minimum absolute atomic E-state index is 0.0184. The molecule has 102 valence electrons. The molecule has 3 N–H and O–H groups in total. The molecule has 0 bridgehead atoms. The first-order valence-electron chi connectivity index (χ1n) is 6.39. The zero-order valence-electron chi connectivity index (χ0n) is 11.8. The average molecular weight is 251 g/mol. The van der Waals surface area contributed by atoms with Crippen molar-refractivity contribution < 1.29 is 9.84 Å². The summed E-state index contributed by atoms with van der Waals surface area (Å²) in [5.74, 6) is 0.801. The average Bonchev–Trinajstić information content (AvgIpc) is 2.28. The van der Waals surface area contributed by atoms with Crippen LogP contribution in [-0.4, -0.2) is 24.9 Å². The summed E-state index contributed by atoms with van der Waals surface area (Å²) in [7, 11) is 1.64. The van der Waals surface area contributed by atoms with E-state index in [4.69, 9.17) is 10.5 Å². The largest absolute Gasteiger partial charge is 0.497 e. The molecule has 1 rings (SSSR count). The van der Waals surface area contributed by atoms with Gasteiger partial charge in [-0.2, -0.15) is 0 Å². The first-order valence-corrected chi connectivity index (χ1v) is 6.39. The first kappa shape index (κ1) is 15.0. The lowest BCUT2D eigenvalue weighted by Gasteiger charge is -2.28. The van der Waals surface area contributed by atoms with Crippen LogP contribution in [0.25, 0.3) is 0 Å². The van der Waals surface area contributed by atoms with Crippen LogP contribution in [0.4, 0.5) is 0 Å². The molecule has 0 aliphatic heterocycles. The fourth-order valence-corrected chi connectivity index (χ4v) is 2.14. The number of benzene rings is 1. The number of rotatable bonds is 5. The van der Waals surface area contributed by atoms with Crippen molar-refractivity contribution in [1.29, 1.82) is 0 Å². The molecular weight excluding hydrogens is 226 g/mol. The van der Waals surface area contributed by atoms with Crippen LogP contribution >= 0.6 is 0 Å². The van der Waals surface area contributed by atoms with Crippen molar-refractivity contribution in [3.63, 3.8) is 0 Å². The highest BCUT2D eigenvalue weighted by molar-refractivity contribution is 5.30. The molecule has 0 fully saturated rings. The van der Waals surface area contributed by atoms with Crippen LogP contribution in [0.5, 0.6) is 5.75 Å². The van der Waals surface area contributed by atoms with E-state index in [-0.39, 0.29) is 11.3 Å². The Hall–Kier alpha value is -1.06. The Morgan fingerprint density at radius 3 is 2.17 bits per heavy atom. The summed E-state index contributed by atoms with van der Waals surface area (Å²) in [6.45, 7) is 6.82. The zero-order valence-corrected chi connectivity index (χ0v) is 11.8. The van der Waals surface area contributed by atoms with Crippen LogP contribution in [0, 0.1) is 5.41 Å². The molecule has 18 heavy (non-hydrogen) atoms. The van der Waals surface area contributed by atoms with Gasteiger partial charge in [0.2, 0.25) is 0 Å². The normalized spacial score (nSPS) is 15.2. The molecular formula is C15H25NO2. The van der Waals surface area contributed by atoms with Gasteiger partial charge in [0.05, 0.1) is 13.2 Å². The number of aliphatic hydroxyl groups is 1. The molecule has 0 amide bonds. The fraction of sp³-hybridized carbons (Fsp3) is 0.600. The van der Waals surface area contributed by atoms with Crippen molar-refractivity contribution in [2.45, 2.75) is 39.2 Å². The van der Waals surface area contributed by atoms with Gasteiger partial charge < -0.3 is 15.6 Å². The van der Waals surface area contributed by atoms with Crippen molar-refractivity contribution in [2.75, 3.05) is 13.7 Å². The van der Waals surface area contributed by atoms with Crippen molar-refractivity contribution in [3.8, 4) is 5.75 Å². The highest BCUT2D eigenvalue weighted by Gasteiger charge is 2.24. The van der Waals surface area contributed by atoms with E-state index in [9.17, 15) is 5.11 Å². The number of ether oxygens (including phenoxy) is 1. The number of methoxy groups -OCH3 is 1. The second-order valence-electron chi connectivity index (χ2n) is 5.95. The zero-order chi connectivity index (χ0) is 13.8. The number of aliphatic hydroxyl groups excluding tert-OH is 1. The SMILES string of the molecule is COc1ccc(C(CN)C(O)CC(C)(C)C)cc1. The molecule has 3 heteroatoms. The summed E-state index contributed by atoms with van der Waals surface area (Å²) in [6, 6.07) is 7.76. The van der Waals surface area contributed by atoms with Crippen LogP contribution in [0.3, 0.4) is 0 Å². The van der Waals surface area contributed by atoms with Gasteiger partial charge in [0.25, 0.3) is 0 Å². The van der Waals surface area contributed by atoms with E-state index in [0.717, 1.165) is 17.7 Å². The molecule has 0 aromatic heterocycles. The van der Waals surface area contributed by atoms with Gasteiger partial charge >= 0.3 is 0 Å². The Morgan fingerprint density at radius 1 is 1.22 bits per heavy atom. The van der Waals surface area contributed by atoms with Crippen LogP contribution in [0.15, 0.2) is 24.3 Å². The third kappa shape index (κ3) is 4.31. The minimum Gasteiger partial charge on any atom is -0.497 e. The van der Waals surface area contributed by atoms with E-state index in [0.29, 0.717) is 6.54 Å². The molecule has 2 unspecified atom stereocenters. The Bertz CT molecular complexity index is 354. The third-order valence-corrected chi connectivity index (χ3v) is 3.08. The van der Waals surface area contributed by atoms with Crippen LogP contribution in [0.2, 0.25) is 0 Å². The number of hydrogen-bond acceptors (Lipinski definition) is 3. The molecule has 2 atom stereocenters. The highest BCUT2D eigenvalue weighted by Crippen LogP contribution is 2.29. The lowest BCUT2D eigenvalue weighted by atomic mass is 9.82. The van der Waals surface area contributed by atoms with Gasteiger partial charge in [0.15, 0.2) is 0 Å². The molecule has 0 heterocycles. The second-order valence-corrected chi connectivity index (χ2v) is 5.95. The van der Waals surface area contributed by atoms with Crippen molar-refractivity contribution in [2.24, 2.45) is 11.1 Å². The smallest absolute Gasteiger partial charge is 0.118 e. The van der Waals surface area contributed by atoms with Gasteiger partial charge in [-0.3, -0.25) is 0 Å². The van der Waals surface area contributed by atoms with Gasteiger partial charge in [-0.1, -0.05) is 32.9 Å². The Kier molecular flexibility index (Phi) is 5.17. The van der Waals surface area contributed by atoms with E-state index >= 15 is 0 Å². The molecule has 1 aromatic rings. The summed E-state index contributed by atoms with van der Waals surface area (Å²) < 4.78 is 5.13. The lowest BCUT2D eigenvalue weighted by molar-refractivity contribution is 0.0972. The molecule has 0 radical (unpaired) electrons. The van der Waals surface area contributed by atoms with Crippen molar-refractivity contribution >= 4 is 0 Å². The van der Waals surface area contributed by atoms with Crippen LogP contribution in [-0.2, 0) is 0 Å². The molecule has 0 spiro atoms. The topological polar surface area (TPSA) is 55.5 Å². The predicted octanol–water partition coefficient (Wildman–Crippen LogP) is 2.53. The van der Waals surface area contributed by atoms with Crippen LogP contribution in [0.1, 0.15) is 38.7 Å². The third-order valence-electron chi connectivity index (χ3n) is 3.08. The van der Waals surface area contributed by atoms with E-state index in [1.54, 1.807) is 7.11 Å². The Labute approximate surface area is 110 Å². The maximum absolute atomic E-state index is 10.3. The summed E-state index contributed by atoms with van der Waals surface area (Å²) >= 11 is 0. The summed E-state index contributed by atoms with van der Waals surface area (Å²) in [6.07, 6.45) is 0.323. The molecule has 0 saturated heterocycles. The van der Waals surface area contributed by atoms with E-state index in [2.05, 4.69) is 20.8 Å². The van der Waals surface area contributed by atoms with Gasteiger partial charge in [-0.05, 0) is 29.5 Å². The standard InChI is InChI=1S/C15H25NO2/c1-15(2,3)9-14(17)13(10-16)11-5-7-12(18-4)8-6-11/h5-8,13-14,17H,9-10,16H2,1-4H3. The van der Waals surface area contributed by atoms with Gasteiger partial charge in [0.1, 0.15) is 5.75 Å². The summed E-state index contributed by atoms with van der Waals surface area (Å²) in [5.41, 5.74) is 6.97. The maximum Gasteiger partial charge on any atom is 0.118 e. The maximum atomic E-state index is 10.3. The van der Waals surface area contributed by atoms with E-state index < -0.39 is 6.10 Å². The molecule has 0 aliphatic carbocycles. The van der Waals surface area contributed by atoms with Crippen molar-refractivity contribution in [1.82, 2.24) is 0 Å². The highest BCUT2D eigenvalue weighted by atomic mass is 16.5. The van der Waals surface area contributed by atoms with E-state index in [1.165, 1.54) is 0 Å². The Balaban J connectivity index is 2.81. The second kappa shape index (κ2) is 6.21. The van der Waals surface area contributed by atoms with E-state index in [1.807, 2.05) is 24.3 Å². The first-order chi connectivity index (χ1) is 8.37. The van der Waals surface area contributed by atoms with Gasteiger partial charge in [0, 0.05) is 12.5 Å². The van der Waals surface area contributed by atoms with Crippen LogP contribution < -0.4 is 10.5 Å². The quantitative estimate of drug-likeness (QED) is 0.845. The fourth-order valence-electron chi connectivity index (χ4n) is 2.14. The molecule has 0 aliphatic rings. The number of hydrogen-bond donors (Lipinski definition) is 2. The minimum atomic E-state index is -0.414. The van der Waals surface area contributed by atoms with Crippen molar-refractivity contribution in [3.05, 3.63) is 29.8 Å². The molecule has 0 saturated carbocycles. The van der Waals surface area contributed by atoms with Gasteiger partial charge in [-0.25, -0.2) is 0 Å². The summed E-state index contributed by atoms with van der Waals surface area (Å²) in [5, 5.41) is 10.3. The Morgan fingerprint density at radius 2 is 1.78 bits per heavy atom.